The molecule has 4 aromatic rings. The van der Waals surface area contributed by atoms with Crippen LogP contribution in [0.3, 0.4) is 0 Å². The molecule has 14 heteroatoms. The number of rotatable bonds is 14. The van der Waals surface area contributed by atoms with Gasteiger partial charge in [0.2, 0.25) is 0 Å². The second-order valence-corrected chi connectivity index (χ2v) is 16.4. The van der Waals surface area contributed by atoms with Gasteiger partial charge in [-0.15, -0.1) is 11.3 Å². The highest BCUT2D eigenvalue weighted by Crippen LogP contribution is 2.40. The molecule has 0 bridgehead atoms. The van der Waals surface area contributed by atoms with Crippen LogP contribution in [0.15, 0.2) is 58.9 Å². The van der Waals surface area contributed by atoms with E-state index >= 15 is 0 Å². The second kappa shape index (κ2) is 18.5. The fraction of sp³-hybridized carbons (Fsp3) is 0.400. The molecule has 2 aromatic heterocycles. The number of aromatic nitrogens is 2. The molecule has 0 aliphatic carbocycles. The van der Waals surface area contributed by atoms with Crippen LogP contribution in [-0.4, -0.2) is 60.0 Å². The lowest BCUT2D eigenvalue weighted by molar-refractivity contribution is -0.147. The van der Waals surface area contributed by atoms with Crippen LogP contribution in [-0.2, 0) is 20.0 Å². The Labute approximate surface area is 329 Å². The number of amides is 1. The third-order valence-corrected chi connectivity index (χ3v) is 10.4. The SMILES string of the molecule is CC(C)CC(NC(=O)OC(C)(C)C)C(=O)OCCOc1ccc(-c2c(C#N)c(SCc3csc(-c4ccc(Cl)cc4)n3)nc(N3CCCC3)c2C#N)cc1. The van der Waals surface area contributed by atoms with E-state index < -0.39 is 23.7 Å². The van der Waals surface area contributed by atoms with Gasteiger partial charge in [-0.2, -0.15) is 10.5 Å². The molecule has 1 atom stereocenters. The maximum Gasteiger partial charge on any atom is 0.408 e. The number of thioether (sulfide) groups is 1. The molecule has 1 unspecified atom stereocenters. The first kappa shape index (κ1) is 40.4. The molecule has 2 aromatic carbocycles. The zero-order chi connectivity index (χ0) is 38.8. The topological polar surface area (TPSA) is 150 Å². The number of ether oxygens (including phenoxy) is 3. The van der Waals surface area contributed by atoms with Crippen molar-refractivity contribution in [2.45, 2.75) is 76.3 Å². The third-order valence-electron chi connectivity index (χ3n) is 8.20. The van der Waals surface area contributed by atoms with Crippen LogP contribution < -0.4 is 15.0 Å². The van der Waals surface area contributed by atoms with Crippen molar-refractivity contribution < 1.29 is 23.8 Å². The monoisotopic (exact) mass is 786 g/mol. The van der Waals surface area contributed by atoms with Gasteiger partial charge in [0.1, 0.15) is 64.2 Å². The van der Waals surface area contributed by atoms with Crippen LogP contribution in [0.1, 0.15) is 70.7 Å². The summed E-state index contributed by atoms with van der Waals surface area (Å²) in [5, 5.41) is 27.6. The summed E-state index contributed by atoms with van der Waals surface area (Å²) in [6, 6.07) is 18.5. The number of hydrogen-bond donors (Lipinski definition) is 1. The number of nitriles is 2. The summed E-state index contributed by atoms with van der Waals surface area (Å²) in [6.45, 7) is 10.7. The largest absolute Gasteiger partial charge is 0.490 e. The van der Waals surface area contributed by atoms with Crippen molar-refractivity contribution in [2.75, 3.05) is 31.2 Å². The molecule has 1 amide bonds. The standard InChI is InChI=1S/C40H43ClN6O5S2/c1-25(2)20-33(45-39(49)52-40(3,4)5)38(48)51-19-18-50-30-14-10-26(11-15-30)34-31(21-42)35(47-16-6-7-17-47)46-37(32(34)22-43)54-24-29-23-53-36(44-29)27-8-12-28(41)13-9-27/h8-15,23,25,33H,6-7,16-20,24H2,1-5H3,(H,45,49). The molecule has 0 spiro atoms. The van der Waals surface area contributed by atoms with Gasteiger partial charge >= 0.3 is 12.1 Å². The van der Waals surface area contributed by atoms with E-state index in [1.807, 2.05) is 55.6 Å². The summed E-state index contributed by atoms with van der Waals surface area (Å²) in [6.07, 6.45) is 1.70. The van der Waals surface area contributed by atoms with Gasteiger partial charge in [-0.25, -0.2) is 19.6 Å². The first-order valence-electron chi connectivity index (χ1n) is 17.7. The molecule has 3 heterocycles. The summed E-state index contributed by atoms with van der Waals surface area (Å²) in [4.78, 5) is 37.0. The number of alkyl carbamates (subject to hydrolysis) is 1. The average molecular weight is 787 g/mol. The van der Waals surface area contributed by atoms with Crippen LogP contribution in [0.5, 0.6) is 5.75 Å². The summed E-state index contributed by atoms with van der Waals surface area (Å²) < 4.78 is 16.6. The Kier molecular flexibility index (Phi) is 13.8. The predicted octanol–water partition coefficient (Wildman–Crippen LogP) is 9.02. The predicted molar refractivity (Wildman–Crippen MR) is 212 cm³/mol. The molecule has 1 fully saturated rings. The van der Waals surface area contributed by atoms with E-state index in [1.165, 1.54) is 23.1 Å². The number of anilines is 1. The quantitative estimate of drug-likeness (QED) is 0.0741. The zero-order valence-electron chi connectivity index (χ0n) is 31.0. The van der Waals surface area contributed by atoms with Gasteiger partial charge in [-0.3, -0.25) is 0 Å². The Morgan fingerprint density at radius 3 is 2.28 bits per heavy atom. The average Bonchev–Trinajstić information content (AvgIpc) is 3.84. The van der Waals surface area contributed by atoms with E-state index in [9.17, 15) is 20.1 Å². The summed E-state index contributed by atoms with van der Waals surface area (Å²) in [7, 11) is 0. The van der Waals surface area contributed by atoms with Gasteiger partial charge < -0.3 is 24.4 Å². The highest BCUT2D eigenvalue weighted by Gasteiger charge is 2.28. The number of carbonyl (C=O) groups is 2. The van der Waals surface area contributed by atoms with E-state index in [-0.39, 0.29) is 19.1 Å². The minimum atomic E-state index is -0.856. The van der Waals surface area contributed by atoms with Gasteiger partial charge in [0.15, 0.2) is 0 Å². The third kappa shape index (κ3) is 10.9. The normalized spacial score (nSPS) is 13.2. The van der Waals surface area contributed by atoms with Gasteiger partial charge in [0, 0.05) is 40.4 Å². The van der Waals surface area contributed by atoms with Crippen molar-refractivity contribution in [3.63, 3.8) is 0 Å². The van der Waals surface area contributed by atoms with Crippen molar-refractivity contribution in [1.82, 2.24) is 15.3 Å². The number of pyridine rings is 1. The van der Waals surface area contributed by atoms with E-state index in [2.05, 4.69) is 22.4 Å². The number of esters is 1. The molecule has 282 valence electrons. The molecule has 1 aliphatic rings. The lowest BCUT2D eigenvalue weighted by Gasteiger charge is -2.23. The van der Waals surface area contributed by atoms with Crippen molar-refractivity contribution >= 4 is 52.6 Å². The Bertz CT molecular complexity index is 2010. The molecular weight excluding hydrogens is 744 g/mol. The van der Waals surface area contributed by atoms with Crippen molar-refractivity contribution in [3.05, 3.63) is 75.8 Å². The molecule has 1 N–H and O–H groups in total. The van der Waals surface area contributed by atoms with Crippen molar-refractivity contribution in [1.29, 1.82) is 10.5 Å². The fourth-order valence-electron chi connectivity index (χ4n) is 5.81. The Morgan fingerprint density at radius 1 is 0.981 bits per heavy atom. The first-order chi connectivity index (χ1) is 25.8. The maximum atomic E-state index is 12.8. The zero-order valence-corrected chi connectivity index (χ0v) is 33.4. The fourth-order valence-corrected chi connectivity index (χ4v) is 7.74. The Balaban J connectivity index is 1.30. The molecule has 54 heavy (non-hydrogen) atoms. The van der Waals surface area contributed by atoms with Crippen LogP contribution in [0.25, 0.3) is 21.7 Å². The highest BCUT2D eigenvalue weighted by molar-refractivity contribution is 7.98. The first-order valence-corrected chi connectivity index (χ1v) is 19.9. The molecule has 0 saturated carbocycles. The van der Waals surface area contributed by atoms with E-state index in [0.29, 0.717) is 56.0 Å². The van der Waals surface area contributed by atoms with Gasteiger partial charge in [0.25, 0.3) is 0 Å². The molecule has 1 aliphatic heterocycles. The van der Waals surface area contributed by atoms with E-state index in [0.717, 1.165) is 42.2 Å². The van der Waals surface area contributed by atoms with Gasteiger partial charge in [0.05, 0.1) is 11.3 Å². The number of hydrogen-bond acceptors (Lipinski definition) is 12. The number of nitrogens with one attached hydrogen (secondary N) is 1. The lowest BCUT2D eigenvalue weighted by Crippen LogP contribution is -2.45. The number of halogens is 1. The maximum absolute atomic E-state index is 12.8. The van der Waals surface area contributed by atoms with Crippen molar-refractivity contribution in [3.8, 4) is 39.6 Å². The van der Waals surface area contributed by atoms with Gasteiger partial charge in [-0.05, 0) is 75.8 Å². The van der Waals surface area contributed by atoms with E-state index in [4.69, 9.17) is 35.8 Å². The number of thiazole rings is 1. The molecule has 1 saturated heterocycles. The summed E-state index contributed by atoms with van der Waals surface area (Å²) in [5.41, 5.74) is 3.01. The Hall–Kier alpha value is -4.82. The number of nitrogens with zero attached hydrogens (tertiary/aromatic N) is 5. The molecular formula is C40H43ClN6O5S2. The van der Waals surface area contributed by atoms with Crippen molar-refractivity contribution in [2.24, 2.45) is 5.92 Å². The Morgan fingerprint density at radius 2 is 1.65 bits per heavy atom. The summed E-state index contributed by atoms with van der Waals surface area (Å²) in [5.74, 6) is 1.14. The smallest absolute Gasteiger partial charge is 0.408 e. The van der Waals surface area contributed by atoms with Crippen LogP contribution in [0.4, 0.5) is 10.6 Å². The van der Waals surface area contributed by atoms with Crippen LogP contribution in [0.2, 0.25) is 5.02 Å². The minimum Gasteiger partial charge on any atom is -0.490 e. The highest BCUT2D eigenvalue weighted by atomic mass is 35.5. The minimum absolute atomic E-state index is 0.0351. The molecule has 5 rings (SSSR count). The number of benzene rings is 2. The lowest BCUT2D eigenvalue weighted by atomic mass is 9.96. The van der Waals surface area contributed by atoms with Gasteiger partial charge in [-0.1, -0.05) is 61.5 Å². The van der Waals surface area contributed by atoms with E-state index in [1.54, 1.807) is 32.9 Å². The summed E-state index contributed by atoms with van der Waals surface area (Å²) >= 11 is 9.03. The molecule has 0 radical (unpaired) electrons. The molecule has 11 nitrogen and oxygen atoms in total. The van der Waals surface area contributed by atoms with Crippen LogP contribution in [0, 0.1) is 28.6 Å². The number of carbonyl (C=O) groups excluding carboxylic acids is 2. The second-order valence-electron chi connectivity index (χ2n) is 14.1. The van der Waals surface area contributed by atoms with Crippen LogP contribution >= 0.6 is 34.7 Å².